The lowest BCUT2D eigenvalue weighted by Gasteiger charge is -2.39. The molecule has 0 radical (unpaired) electrons. The summed E-state index contributed by atoms with van der Waals surface area (Å²) in [5, 5.41) is 6.01. The Balaban J connectivity index is 0.000000238. The van der Waals surface area contributed by atoms with Crippen molar-refractivity contribution in [3.63, 3.8) is 0 Å². The van der Waals surface area contributed by atoms with Crippen molar-refractivity contribution in [1.29, 1.82) is 0 Å². The van der Waals surface area contributed by atoms with Crippen molar-refractivity contribution < 1.29 is 9.13 Å². The summed E-state index contributed by atoms with van der Waals surface area (Å²) in [5.41, 5.74) is 4.84. The summed E-state index contributed by atoms with van der Waals surface area (Å²) in [6.45, 7) is 3.28. The van der Waals surface area contributed by atoms with Gasteiger partial charge in [-0.05, 0) is 75.0 Å². The van der Waals surface area contributed by atoms with E-state index in [2.05, 4.69) is 136 Å². The molecule has 6 aromatic carbocycles. The molecule has 222 valence electrons. The summed E-state index contributed by atoms with van der Waals surface area (Å²) in [5.74, 6) is 0.0145. The maximum Gasteiger partial charge on any atom is 0.123 e. The summed E-state index contributed by atoms with van der Waals surface area (Å²) >= 11 is 3.44. The quantitative estimate of drug-likeness (QED) is 0.160. The average molecular weight is 647 g/mol. The number of rotatable bonds is 7. The van der Waals surface area contributed by atoms with Crippen molar-refractivity contribution in [1.82, 2.24) is 4.90 Å². The average Bonchev–Trinajstić information content (AvgIpc) is 3.08. The van der Waals surface area contributed by atoms with Crippen molar-refractivity contribution in [3.05, 3.63) is 168 Å². The Hall–Kier alpha value is -3.83. The number of halogens is 2. The minimum absolute atomic E-state index is 0.0146. The fourth-order valence-corrected chi connectivity index (χ4v) is 6.46. The molecule has 7 rings (SSSR count). The third-order valence-corrected chi connectivity index (χ3v) is 9.06. The highest BCUT2D eigenvalue weighted by Gasteiger charge is 2.31. The van der Waals surface area contributed by atoms with Crippen LogP contribution in [0.25, 0.3) is 21.5 Å². The zero-order valence-electron chi connectivity index (χ0n) is 24.8. The summed E-state index contributed by atoms with van der Waals surface area (Å²) in [6.07, 6.45) is 0.972. The van der Waals surface area contributed by atoms with Gasteiger partial charge in [-0.25, -0.2) is 4.39 Å². The summed E-state index contributed by atoms with van der Waals surface area (Å²) in [6, 6.07) is 47.4. The van der Waals surface area contributed by atoms with E-state index in [1.54, 1.807) is 12.1 Å². The van der Waals surface area contributed by atoms with Crippen LogP contribution in [-0.4, -0.2) is 24.1 Å². The molecule has 2 unspecified atom stereocenters. The molecule has 1 saturated heterocycles. The monoisotopic (exact) mass is 645 g/mol. The van der Waals surface area contributed by atoms with Crippen LogP contribution in [0.4, 0.5) is 4.39 Å². The molecule has 1 aliphatic rings. The zero-order chi connectivity index (χ0) is 30.1. The maximum atomic E-state index is 14.0. The first-order chi connectivity index (χ1) is 21.6. The number of hydrogen-bond donors (Lipinski definition) is 0. The molecule has 0 spiro atoms. The molecule has 0 aromatic heterocycles. The fraction of sp³-hybridized carbons (Fsp3) is 0.200. The lowest BCUT2D eigenvalue weighted by Crippen LogP contribution is -2.43. The molecule has 1 fully saturated rings. The molecular formula is C40H37BrFNO. The third kappa shape index (κ3) is 7.81. The van der Waals surface area contributed by atoms with Gasteiger partial charge in [-0.2, -0.15) is 0 Å². The van der Waals surface area contributed by atoms with Gasteiger partial charge in [0, 0.05) is 24.3 Å². The Morgan fingerprint density at radius 3 is 1.95 bits per heavy atom. The van der Waals surface area contributed by atoms with Crippen LogP contribution >= 0.6 is 15.9 Å². The Morgan fingerprint density at radius 2 is 1.27 bits per heavy atom. The van der Waals surface area contributed by atoms with E-state index >= 15 is 0 Å². The van der Waals surface area contributed by atoms with Gasteiger partial charge in [0.15, 0.2) is 0 Å². The molecule has 2 nitrogen and oxygen atoms in total. The summed E-state index contributed by atoms with van der Waals surface area (Å²) < 4.78 is 20.5. The fourth-order valence-electron chi connectivity index (χ4n) is 6.11. The first kappa shape index (κ1) is 30.2. The Kier molecular flexibility index (Phi) is 10.1. The molecule has 0 saturated carbocycles. The first-order valence-corrected chi connectivity index (χ1v) is 16.4. The van der Waals surface area contributed by atoms with Crippen molar-refractivity contribution >= 4 is 37.5 Å². The number of likely N-dealkylation sites (tertiary alicyclic amines) is 1. The predicted molar refractivity (Wildman–Crippen MR) is 185 cm³/mol. The highest BCUT2D eigenvalue weighted by Crippen LogP contribution is 2.32. The van der Waals surface area contributed by atoms with Gasteiger partial charge in [-0.3, -0.25) is 4.90 Å². The van der Waals surface area contributed by atoms with Crippen LogP contribution in [0.1, 0.15) is 34.6 Å². The molecule has 1 heterocycles. The number of nitrogens with zero attached hydrogens (tertiary/aromatic N) is 1. The number of ether oxygens (including phenoxy) is 1. The van der Waals surface area contributed by atoms with E-state index in [4.69, 9.17) is 4.74 Å². The highest BCUT2D eigenvalue weighted by molar-refractivity contribution is 9.08. The van der Waals surface area contributed by atoms with E-state index in [0.29, 0.717) is 6.61 Å². The number of benzene rings is 6. The van der Waals surface area contributed by atoms with E-state index in [1.165, 1.54) is 44.3 Å². The molecular weight excluding hydrogens is 609 g/mol. The number of hydrogen-bond acceptors (Lipinski definition) is 2. The van der Waals surface area contributed by atoms with Gasteiger partial charge in [0.1, 0.15) is 5.82 Å². The SMILES string of the molecule is BrCc1ccc2ccccc2c1.Fc1cccc(C2CCN(Cc3ccccc3)CC2OCc2ccc3ccccc3c2)c1. The molecule has 2 atom stereocenters. The van der Waals surface area contributed by atoms with Gasteiger partial charge in [-0.15, -0.1) is 0 Å². The van der Waals surface area contributed by atoms with Gasteiger partial charge < -0.3 is 4.74 Å². The number of alkyl halides is 1. The molecule has 0 N–H and O–H groups in total. The van der Waals surface area contributed by atoms with E-state index in [1.807, 2.05) is 6.07 Å². The van der Waals surface area contributed by atoms with E-state index < -0.39 is 0 Å². The Morgan fingerprint density at radius 1 is 0.636 bits per heavy atom. The van der Waals surface area contributed by atoms with Gasteiger partial charge in [0.25, 0.3) is 0 Å². The molecule has 44 heavy (non-hydrogen) atoms. The minimum Gasteiger partial charge on any atom is -0.372 e. The molecule has 1 aliphatic heterocycles. The largest absolute Gasteiger partial charge is 0.372 e. The van der Waals surface area contributed by atoms with Crippen LogP contribution in [0.3, 0.4) is 0 Å². The zero-order valence-corrected chi connectivity index (χ0v) is 26.4. The van der Waals surface area contributed by atoms with Gasteiger partial charge in [-0.1, -0.05) is 137 Å². The lowest BCUT2D eigenvalue weighted by molar-refractivity contribution is -0.0264. The second kappa shape index (κ2) is 14.8. The van der Waals surface area contributed by atoms with Crippen molar-refractivity contribution in [2.24, 2.45) is 0 Å². The smallest absolute Gasteiger partial charge is 0.123 e. The van der Waals surface area contributed by atoms with Crippen LogP contribution in [0.2, 0.25) is 0 Å². The van der Waals surface area contributed by atoms with Gasteiger partial charge in [0.2, 0.25) is 0 Å². The van der Waals surface area contributed by atoms with Crippen LogP contribution in [0.5, 0.6) is 0 Å². The molecule has 0 aliphatic carbocycles. The Bertz CT molecular complexity index is 1810. The van der Waals surface area contributed by atoms with Crippen LogP contribution in [0, 0.1) is 5.82 Å². The van der Waals surface area contributed by atoms with Crippen molar-refractivity contribution in [3.8, 4) is 0 Å². The van der Waals surface area contributed by atoms with Crippen LogP contribution in [0.15, 0.2) is 140 Å². The van der Waals surface area contributed by atoms with Gasteiger partial charge in [0.05, 0.1) is 12.7 Å². The maximum absolute atomic E-state index is 14.0. The lowest BCUT2D eigenvalue weighted by atomic mass is 9.86. The molecule has 0 bridgehead atoms. The summed E-state index contributed by atoms with van der Waals surface area (Å²) in [7, 11) is 0. The molecule has 0 amide bonds. The predicted octanol–water partition coefficient (Wildman–Crippen LogP) is 10.3. The van der Waals surface area contributed by atoms with Crippen molar-refractivity contribution in [2.45, 2.75) is 36.9 Å². The molecule has 4 heteroatoms. The van der Waals surface area contributed by atoms with E-state index in [0.717, 1.165) is 36.9 Å². The second-order valence-corrected chi connectivity index (χ2v) is 12.1. The van der Waals surface area contributed by atoms with Crippen molar-refractivity contribution in [2.75, 3.05) is 13.1 Å². The number of fused-ring (bicyclic) bond motifs is 2. The second-order valence-electron chi connectivity index (χ2n) is 11.5. The standard InChI is InChI=1S/C29H28FNO.C11H9Br/c30-27-12-6-11-26(18-27)28-15-16-31(19-22-7-2-1-3-8-22)20-29(28)32-21-23-13-14-24-9-4-5-10-25(24)17-23;12-8-9-5-6-10-3-1-2-4-11(10)7-9/h1-14,17-18,28-29H,15-16,19-21H2;1-7H,8H2. The Labute approximate surface area is 268 Å². The summed E-state index contributed by atoms with van der Waals surface area (Å²) in [4.78, 5) is 2.45. The van der Waals surface area contributed by atoms with Crippen LogP contribution in [-0.2, 0) is 23.2 Å². The topological polar surface area (TPSA) is 12.5 Å². The normalized spacial score (nSPS) is 16.9. The van der Waals surface area contributed by atoms with E-state index in [-0.39, 0.29) is 17.8 Å². The van der Waals surface area contributed by atoms with E-state index in [9.17, 15) is 4.39 Å². The first-order valence-electron chi connectivity index (χ1n) is 15.3. The number of piperidine rings is 1. The third-order valence-electron chi connectivity index (χ3n) is 8.42. The molecule has 6 aromatic rings. The highest BCUT2D eigenvalue weighted by atomic mass is 79.9. The minimum atomic E-state index is -0.178. The van der Waals surface area contributed by atoms with Crippen LogP contribution < -0.4 is 0 Å². The van der Waals surface area contributed by atoms with Gasteiger partial charge >= 0.3 is 0 Å².